The van der Waals surface area contributed by atoms with Crippen molar-refractivity contribution in [1.82, 2.24) is 0 Å². The molecule has 5 heteroatoms. The van der Waals surface area contributed by atoms with Crippen LogP contribution in [0.25, 0.3) is 0 Å². The Labute approximate surface area is 147 Å². The highest BCUT2D eigenvalue weighted by molar-refractivity contribution is 6.31. The SMILES string of the molecule is Cc1ccc(C(=O)Nc2cc(N)ccc2N2CCCCC2)cc1Cl. The predicted octanol–water partition coefficient (Wildman–Crippen LogP) is 4.47. The van der Waals surface area contributed by atoms with Gasteiger partial charge in [-0.15, -0.1) is 0 Å². The van der Waals surface area contributed by atoms with Crippen molar-refractivity contribution in [3.05, 3.63) is 52.5 Å². The molecule has 2 aromatic carbocycles. The zero-order valence-corrected chi connectivity index (χ0v) is 14.6. The molecule has 24 heavy (non-hydrogen) atoms. The Morgan fingerprint density at radius 1 is 1.12 bits per heavy atom. The van der Waals surface area contributed by atoms with Crippen LogP contribution in [0.4, 0.5) is 17.1 Å². The molecule has 1 heterocycles. The van der Waals surface area contributed by atoms with Gasteiger partial charge in [0.2, 0.25) is 0 Å². The molecule has 126 valence electrons. The van der Waals surface area contributed by atoms with Gasteiger partial charge in [-0.3, -0.25) is 4.79 Å². The number of amides is 1. The second-order valence-corrected chi connectivity index (χ2v) is 6.65. The van der Waals surface area contributed by atoms with Gasteiger partial charge in [-0.1, -0.05) is 17.7 Å². The van der Waals surface area contributed by atoms with E-state index in [2.05, 4.69) is 10.2 Å². The van der Waals surface area contributed by atoms with Crippen LogP contribution in [0.2, 0.25) is 5.02 Å². The second kappa shape index (κ2) is 7.14. The largest absolute Gasteiger partial charge is 0.399 e. The summed E-state index contributed by atoms with van der Waals surface area (Å²) in [5, 5.41) is 3.58. The van der Waals surface area contributed by atoms with E-state index < -0.39 is 0 Å². The van der Waals surface area contributed by atoms with E-state index in [1.54, 1.807) is 12.1 Å². The highest BCUT2D eigenvalue weighted by Crippen LogP contribution is 2.31. The molecule has 3 N–H and O–H groups in total. The molecule has 1 amide bonds. The zero-order valence-electron chi connectivity index (χ0n) is 13.8. The second-order valence-electron chi connectivity index (χ2n) is 6.24. The van der Waals surface area contributed by atoms with Crippen LogP contribution in [0.3, 0.4) is 0 Å². The van der Waals surface area contributed by atoms with Crippen molar-refractivity contribution >= 4 is 34.6 Å². The Hall–Kier alpha value is -2.20. The van der Waals surface area contributed by atoms with Gasteiger partial charge in [0.05, 0.1) is 11.4 Å². The highest BCUT2D eigenvalue weighted by atomic mass is 35.5. The van der Waals surface area contributed by atoms with E-state index in [4.69, 9.17) is 17.3 Å². The van der Waals surface area contributed by atoms with Gasteiger partial charge in [-0.25, -0.2) is 0 Å². The number of halogens is 1. The normalized spacial score (nSPS) is 14.5. The zero-order chi connectivity index (χ0) is 17.1. The van der Waals surface area contributed by atoms with Gasteiger partial charge in [-0.2, -0.15) is 0 Å². The average molecular weight is 344 g/mol. The van der Waals surface area contributed by atoms with E-state index in [0.717, 1.165) is 30.0 Å². The van der Waals surface area contributed by atoms with Crippen molar-refractivity contribution in [3.63, 3.8) is 0 Å². The van der Waals surface area contributed by atoms with E-state index in [1.807, 2.05) is 31.2 Å². The van der Waals surface area contributed by atoms with E-state index >= 15 is 0 Å². The van der Waals surface area contributed by atoms with Crippen molar-refractivity contribution in [3.8, 4) is 0 Å². The quantitative estimate of drug-likeness (QED) is 0.808. The number of anilines is 3. The summed E-state index contributed by atoms with van der Waals surface area (Å²) in [4.78, 5) is 14.9. The van der Waals surface area contributed by atoms with Crippen LogP contribution in [0.1, 0.15) is 35.2 Å². The predicted molar refractivity (Wildman–Crippen MR) is 101 cm³/mol. The number of carbonyl (C=O) groups excluding carboxylic acids is 1. The van der Waals surface area contributed by atoms with Crippen LogP contribution in [0.5, 0.6) is 0 Å². The molecule has 0 atom stereocenters. The van der Waals surface area contributed by atoms with Crippen molar-refractivity contribution in [2.45, 2.75) is 26.2 Å². The minimum Gasteiger partial charge on any atom is -0.399 e. The number of aryl methyl sites for hydroxylation is 1. The lowest BCUT2D eigenvalue weighted by molar-refractivity contribution is 0.102. The maximum atomic E-state index is 12.6. The summed E-state index contributed by atoms with van der Waals surface area (Å²) in [5.74, 6) is -0.180. The smallest absolute Gasteiger partial charge is 0.255 e. The molecule has 2 aromatic rings. The summed E-state index contributed by atoms with van der Waals surface area (Å²) < 4.78 is 0. The Morgan fingerprint density at radius 2 is 1.88 bits per heavy atom. The van der Waals surface area contributed by atoms with Crippen LogP contribution >= 0.6 is 11.6 Å². The topological polar surface area (TPSA) is 58.4 Å². The molecule has 0 radical (unpaired) electrons. The molecular weight excluding hydrogens is 322 g/mol. The van der Waals surface area contributed by atoms with E-state index in [-0.39, 0.29) is 5.91 Å². The first-order valence-electron chi connectivity index (χ1n) is 8.26. The van der Waals surface area contributed by atoms with Crippen molar-refractivity contribution in [2.24, 2.45) is 0 Å². The molecule has 0 aromatic heterocycles. The van der Waals surface area contributed by atoms with Gasteiger partial charge in [0.1, 0.15) is 0 Å². The number of nitrogens with zero attached hydrogens (tertiary/aromatic N) is 1. The lowest BCUT2D eigenvalue weighted by Crippen LogP contribution is -2.30. The summed E-state index contributed by atoms with van der Waals surface area (Å²) in [6.07, 6.45) is 3.60. The van der Waals surface area contributed by atoms with E-state index in [1.165, 1.54) is 19.3 Å². The summed E-state index contributed by atoms with van der Waals surface area (Å²) >= 11 is 6.13. The summed E-state index contributed by atoms with van der Waals surface area (Å²) in [5.41, 5.74) is 9.82. The maximum Gasteiger partial charge on any atom is 0.255 e. The Kier molecular flexibility index (Phi) is 4.95. The molecule has 1 aliphatic rings. The standard InChI is InChI=1S/C19H22ClN3O/c1-13-5-6-14(11-16(13)20)19(24)22-17-12-15(21)7-8-18(17)23-9-3-2-4-10-23/h5-8,11-12H,2-4,9-10,21H2,1H3,(H,22,24). The van der Waals surface area contributed by atoms with Gasteiger partial charge < -0.3 is 16.0 Å². The van der Waals surface area contributed by atoms with Crippen molar-refractivity contribution in [1.29, 1.82) is 0 Å². The molecule has 3 rings (SSSR count). The number of carbonyl (C=O) groups is 1. The fourth-order valence-electron chi connectivity index (χ4n) is 2.99. The molecule has 0 spiro atoms. The number of nitrogen functional groups attached to an aromatic ring is 1. The average Bonchev–Trinajstić information content (AvgIpc) is 2.58. The number of hydrogen-bond acceptors (Lipinski definition) is 3. The number of rotatable bonds is 3. The van der Waals surface area contributed by atoms with Crippen LogP contribution in [-0.4, -0.2) is 19.0 Å². The summed E-state index contributed by atoms with van der Waals surface area (Å²) in [6.45, 7) is 3.92. The lowest BCUT2D eigenvalue weighted by Gasteiger charge is -2.30. The Bertz CT molecular complexity index is 754. The molecule has 1 aliphatic heterocycles. The van der Waals surface area contributed by atoms with Crippen LogP contribution in [0.15, 0.2) is 36.4 Å². The first-order chi connectivity index (χ1) is 11.5. The molecule has 0 aliphatic carbocycles. The first kappa shape index (κ1) is 16.7. The maximum absolute atomic E-state index is 12.6. The Balaban J connectivity index is 1.86. The fraction of sp³-hybridized carbons (Fsp3) is 0.316. The third-order valence-electron chi connectivity index (χ3n) is 4.40. The number of piperidine rings is 1. The van der Waals surface area contributed by atoms with Crippen LogP contribution < -0.4 is 16.0 Å². The molecular formula is C19H22ClN3O. The van der Waals surface area contributed by atoms with Crippen LogP contribution in [0, 0.1) is 6.92 Å². The summed E-state index contributed by atoms with van der Waals surface area (Å²) in [7, 11) is 0. The number of benzene rings is 2. The molecule has 0 unspecified atom stereocenters. The van der Waals surface area contributed by atoms with E-state index in [0.29, 0.717) is 16.3 Å². The molecule has 0 bridgehead atoms. The van der Waals surface area contributed by atoms with Gasteiger partial charge in [0.25, 0.3) is 5.91 Å². The Morgan fingerprint density at radius 3 is 2.58 bits per heavy atom. The lowest BCUT2D eigenvalue weighted by atomic mass is 10.1. The van der Waals surface area contributed by atoms with Gasteiger partial charge in [-0.05, 0) is 62.1 Å². The fourth-order valence-corrected chi connectivity index (χ4v) is 3.17. The number of nitrogens with one attached hydrogen (secondary N) is 1. The first-order valence-corrected chi connectivity index (χ1v) is 8.64. The molecule has 0 saturated carbocycles. The van der Waals surface area contributed by atoms with E-state index in [9.17, 15) is 4.79 Å². The number of hydrogen-bond donors (Lipinski definition) is 2. The van der Waals surface area contributed by atoms with Gasteiger partial charge in [0.15, 0.2) is 0 Å². The monoisotopic (exact) mass is 343 g/mol. The van der Waals surface area contributed by atoms with Crippen LogP contribution in [-0.2, 0) is 0 Å². The van der Waals surface area contributed by atoms with Gasteiger partial charge >= 0.3 is 0 Å². The molecule has 1 saturated heterocycles. The third kappa shape index (κ3) is 3.65. The minimum absolute atomic E-state index is 0.180. The number of nitrogens with two attached hydrogens (primary N) is 1. The minimum atomic E-state index is -0.180. The van der Waals surface area contributed by atoms with Gasteiger partial charge in [0, 0.05) is 29.4 Å². The summed E-state index contributed by atoms with van der Waals surface area (Å²) in [6, 6.07) is 11.0. The van der Waals surface area contributed by atoms with Crippen molar-refractivity contribution < 1.29 is 4.79 Å². The third-order valence-corrected chi connectivity index (χ3v) is 4.81. The highest BCUT2D eigenvalue weighted by Gasteiger charge is 2.17. The van der Waals surface area contributed by atoms with Crippen molar-refractivity contribution in [2.75, 3.05) is 29.0 Å². The molecule has 1 fully saturated rings. The molecule has 4 nitrogen and oxygen atoms in total.